The van der Waals surface area contributed by atoms with Gasteiger partial charge < -0.3 is 24.3 Å². The number of amides is 1. The maximum atomic E-state index is 12.4. The predicted molar refractivity (Wildman–Crippen MR) is 109 cm³/mol. The number of carbonyl (C=O) groups excluding carboxylic acids is 1. The van der Waals surface area contributed by atoms with Crippen LogP contribution in [0.5, 0.6) is 23.0 Å². The van der Waals surface area contributed by atoms with Gasteiger partial charge in [0.25, 0.3) is 0 Å². The highest BCUT2D eigenvalue weighted by Crippen LogP contribution is 2.36. The molecule has 1 aliphatic heterocycles. The van der Waals surface area contributed by atoms with E-state index < -0.39 is 0 Å². The molecule has 1 aliphatic rings. The zero-order valence-corrected chi connectivity index (χ0v) is 16.6. The average molecular weight is 383 g/mol. The molecule has 6 heteroatoms. The second-order valence-electron chi connectivity index (χ2n) is 6.45. The molecule has 1 unspecified atom stereocenters. The Kier molecular flexibility index (Phi) is 6.09. The number of anilines is 1. The van der Waals surface area contributed by atoms with Crippen molar-refractivity contribution in [1.82, 2.24) is 0 Å². The van der Waals surface area contributed by atoms with E-state index in [9.17, 15) is 4.79 Å². The molecular weight excluding hydrogens is 358 g/mol. The summed E-state index contributed by atoms with van der Waals surface area (Å²) in [6.07, 6.45) is 4.20. The smallest absolute Gasteiger partial charge is 0.248 e. The van der Waals surface area contributed by atoms with Crippen LogP contribution in [0.25, 0.3) is 6.08 Å². The first kappa shape index (κ1) is 19.6. The standard InChI is InChI=1S/C22H25NO5/c1-5-27-19-12-16-10-14(2)28-20(16)11-15(19)6-9-22(24)23-18-8-7-17(25-3)13-21(18)26-4/h6-9,11-14H,5,10H2,1-4H3,(H,23,24)/b9-6+. The van der Waals surface area contributed by atoms with Gasteiger partial charge in [0.05, 0.1) is 26.5 Å². The number of carbonyl (C=O) groups is 1. The minimum Gasteiger partial charge on any atom is -0.497 e. The van der Waals surface area contributed by atoms with Gasteiger partial charge in [-0.2, -0.15) is 0 Å². The highest BCUT2D eigenvalue weighted by molar-refractivity contribution is 6.03. The third-order valence-corrected chi connectivity index (χ3v) is 4.41. The van der Waals surface area contributed by atoms with Gasteiger partial charge in [0.2, 0.25) is 5.91 Å². The van der Waals surface area contributed by atoms with Crippen molar-refractivity contribution < 1.29 is 23.7 Å². The Hall–Kier alpha value is -3.15. The van der Waals surface area contributed by atoms with E-state index >= 15 is 0 Å². The van der Waals surface area contributed by atoms with E-state index in [1.54, 1.807) is 38.5 Å². The fraction of sp³-hybridized carbons (Fsp3) is 0.318. The van der Waals surface area contributed by atoms with Gasteiger partial charge in [-0.05, 0) is 44.2 Å². The first-order valence-corrected chi connectivity index (χ1v) is 9.21. The molecule has 0 aromatic heterocycles. The first-order chi connectivity index (χ1) is 13.5. The number of nitrogens with one attached hydrogen (secondary N) is 1. The summed E-state index contributed by atoms with van der Waals surface area (Å²) >= 11 is 0. The Labute approximate surface area is 165 Å². The molecule has 0 fully saturated rings. The lowest BCUT2D eigenvalue weighted by Crippen LogP contribution is -2.09. The highest BCUT2D eigenvalue weighted by Gasteiger charge is 2.21. The third kappa shape index (κ3) is 4.39. The summed E-state index contributed by atoms with van der Waals surface area (Å²) in [6, 6.07) is 9.12. The average Bonchev–Trinajstić information content (AvgIpc) is 3.05. The van der Waals surface area contributed by atoms with Crippen LogP contribution in [-0.4, -0.2) is 32.8 Å². The van der Waals surface area contributed by atoms with Gasteiger partial charge in [0.15, 0.2) is 0 Å². The number of ether oxygens (including phenoxy) is 4. The van der Waals surface area contributed by atoms with Gasteiger partial charge in [-0.3, -0.25) is 4.79 Å². The monoisotopic (exact) mass is 383 g/mol. The van der Waals surface area contributed by atoms with Crippen molar-refractivity contribution in [2.75, 3.05) is 26.1 Å². The topological polar surface area (TPSA) is 66.0 Å². The van der Waals surface area contributed by atoms with Crippen molar-refractivity contribution in [2.45, 2.75) is 26.4 Å². The zero-order valence-electron chi connectivity index (χ0n) is 16.6. The lowest BCUT2D eigenvalue weighted by molar-refractivity contribution is -0.111. The van der Waals surface area contributed by atoms with E-state index in [1.165, 1.54) is 6.08 Å². The molecule has 6 nitrogen and oxygen atoms in total. The molecule has 3 rings (SSSR count). The molecule has 0 aliphatic carbocycles. The predicted octanol–water partition coefficient (Wildman–Crippen LogP) is 4.08. The van der Waals surface area contributed by atoms with Gasteiger partial charge in [-0.25, -0.2) is 0 Å². The number of hydrogen-bond acceptors (Lipinski definition) is 5. The molecule has 0 saturated heterocycles. The summed E-state index contributed by atoms with van der Waals surface area (Å²) in [5.41, 5.74) is 2.49. The summed E-state index contributed by atoms with van der Waals surface area (Å²) in [7, 11) is 3.12. The summed E-state index contributed by atoms with van der Waals surface area (Å²) in [4.78, 5) is 12.4. The molecule has 1 amide bonds. The van der Waals surface area contributed by atoms with E-state index in [0.717, 1.165) is 29.0 Å². The lowest BCUT2D eigenvalue weighted by Gasteiger charge is -2.11. The molecule has 0 radical (unpaired) electrons. The Morgan fingerprint density at radius 2 is 2.04 bits per heavy atom. The van der Waals surface area contributed by atoms with Crippen LogP contribution in [0.15, 0.2) is 36.4 Å². The maximum absolute atomic E-state index is 12.4. The second kappa shape index (κ2) is 8.69. The van der Waals surface area contributed by atoms with Crippen molar-refractivity contribution >= 4 is 17.7 Å². The molecule has 1 N–H and O–H groups in total. The van der Waals surface area contributed by atoms with E-state index in [2.05, 4.69) is 5.32 Å². The quantitative estimate of drug-likeness (QED) is 0.730. The van der Waals surface area contributed by atoms with Crippen LogP contribution in [0.3, 0.4) is 0 Å². The summed E-state index contributed by atoms with van der Waals surface area (Å²) < 4.78 is 22.0. The highest BCUT2D eigenvalue weighted by atomic mass is 16.5. The fourth-order valence-corrected chi connectivity index (χ4v) is 3.11. The molecule has 1 atom stereocenters. The van der Waals surface area contributed by atoms with Crippen LogP contribution >= 0.6 is 0 Å². The molecule has 1 heterocycles. The van der Waals surface area contributed by atoms with Crippen molar-refractivity contribution in [3.8, 4) is 23.0 Å². The normalized spacial score (nSPS) is 15.1. The van der Waals surface area contributed by atoms with Gasteiger partial charge >= 0.3 is 0 Å². The Bertz CT molecular complexity index is 891. The molecule has 2 aromatic carbocycles. The lowest BCUT2D eigenvalue weighted by atomic mass is 10.1. The Morgan fingerprint density at radius 1 is 1.21 bits per heavy atom. The molecule has 148 valence electrons. The van der Waals surface area contributed by atoms with Crippen molar-refractivity contribution in [1.29, 1.82) is 0 Å². The molecule has 0 spiro atoms. The van der Waals surface area contributed by atoms with Crippen LogP contribution in [0, 0.1) is 0 Å². The first-order valence-electron chi connectivity index (χ1n) is 9.21. The van der Waals surface area contributed by atoms with Crippen LogP contribution in [0.1, 0.15) is 25.0 Å². The maximum Gasteiger partial charge on any atom is 0.248 e. The van der Waals surface area contributed by atoms with Gasteiger partial charge in [-0.1, -0.05) is 0 Å². The molecular formula is C22H25NO5. The zero-order chi connectivity index (χ0) is 20.1. The largest absolute Gasteiger partial charge is 0.497 e. The van der Waals surface area contributed by atoms with Crippen LogP contribution in [-0.2, 0) is 11.2 Å². The number of rotatable bonds is 7. The summed E-state index contributed by atoms with van der Waals surface area (Å²) in [6.45, 7) is 4.51. The van der Waals surface area contributed by atoms with Crippen LogP contribution in [0.2, 0.25) is 0 Å². The number of methoxy groups -OCH3 is 2. The van der Waals surface area contributed by atoms with E-state index in [4.69, 9.17) is 18.9 Å². The minimum absolute atomic E-state index is 0.148. The molecule has 0 saturated carbocycles. The SMILES string of the molecule is CCOc1cc2c(cc1/C=C/C(=O)Nc1ccc(OC)cc1OC)OC(C)C2. The molecule has 0 bridgehead atoms. The van der Waals surface area contributed by atoms with Gasteiger partial charge in [0, 0.05) is 29.7 Å². The Morgan fingerprint density at radius 3 is 2.75 bits per heavy atom. The van der Waals surface area contributed by atoms with Crippen molar-refractivity contribution in [3.05, 3.63) is 47.5 Å². The van der Waals surface area contributed by atoms with Crippen molar-refractivity contribution in [2.24, 2.45) is 0 Å². The van der Waals surface area contributed by atoms with Crippen LogP contribution in [0.4, 0.5) is 5.69 Å². The summed E-state index contributed by atoms with van der Waals surface area (Å²) in [5, 5.41) is 2.82. The van der Waals surface area contributed by atoms with Crippen molar-refractivity contribution in [3.63, 3.8) is 0 Å². The minimum atomic E-state index is -0.277. The summed E-state index contributed by atoms with van der Waals surface area (Å²) in [5.74, 6) is 2.48. The Balaban J connectivity index is 1.78. The molecule has 2 aromatic rings. The van der Waals surface area contributed by atoms with Crippen LogP contribution < -0.4 is 24.3 Å². The van der Waals surface area contributed by atoms with E-state index in [-0.39, 0.29) is 12.0 Å². The third-order valence-electron chi connectivity index (χ3n) is 4.41. The van der Waals surface area contributed by atoms with Gasteiger partial charge in [-0.15, -0.1) is 0 Å². The van der Waals surface area contributed by atoms with Gasteiger partial charge in [0.1, 0.15) is 29.1 Å². The molecule has 28 heavy (non-hydrogen) atoms. The van der Waals surface area contributed by atoms with E-state index in [1.807, 2.05) is 26.0 Å². The number of fused-ring (bicyclic) bond motifs is 1. The number of hydrogen-bond donors (Lipinski definition) is 1. The van der Waals surface area contributed by atoms with E-state index in [0.29, 0.717) is 23.8 Å². The second-order valence-corrected chi connectivity index (χ2v) is 6.45. The fourth-order valence-electron chi connectivity index (χ4n) is 3.11. The number of benzene rings is 2.